The molecule has 4 N–H and O–H groups in total. The summed E-state index contributed by atoms with van der Waals surface area (Å²) in [7, 11) is 0. The van der Waals surface area contributed by atoms with Gasteiger partial charge in [-0.25, -0.2) is 0 Å². The Hall–Kier alpha value is -2.59. The van der Waals surface area contributed by atoms with E-state index in [1.54, 1.807) is 26.8 Å². The van der Waals surface area contributed by atoms with Gasteiger partial charge in [0.25, 0.3) is 0 Å². The van der Waals surface area contributed by atoms with E-state index in [0.717, 1.165) is 0 Å². The zero-order valence-corrected chi connectivity index (χ0v) is 26.4. The number of ketones is 2. The van der Waals surface area contributed by atoms with Gasteiger partial charge in [-0.3, -0.25) is 24.0 Å². The van der Waals surface area contributed by atoms with E-state index in [9.17, 15) is 44.4 Å². The molecule has 0 aliphatic heterocycles. The lowest BCUT2D eigenvalue weighted by molar-refractivity contribution is -0.183. The molecular weight excluding hydrogens is 544 g/mol. The number of carbonyl (C=O) groups is 5. The normalized spacial score (nSPS) is 36.3. The van der Waals surface area contributed by atoms with Crippen LogP contribution in [-0.4, -0.2) is 67.2 Å². The number of fused-ring (bicyclic) bond motifs is 3. The summed E-state index contributed by atoms with van der Waals surface area (Å²) in [5.74, 6) is -5.89. The van der Waals surface area contributed by atoms with Gasteiger partial charge in [-0.1, -0.05) is 32.4 Å². The molecule has 10 heteroatoms. The lowest BCUT2D eigenvalue weighted by atomic mass is 9.39. The first-order chi connectivity index (χ1) is 18.9. The molecule has 0 unspecified atom stereocenters. The van der Waals surface area contributed by atoms with Crippen LogP contribution < -0.4 is 0 Å². The highest BCUT2D eigenvalue weighted by molar-refractivity contribution is 5.91. The minimum atomic E-state index is -2.01. The molecular formula is C32H48O10. The molecule has 3 rings (SSSR count). The average Bonchev–Trinajstić information content (AvgIpc) is 3.02. The number of Topliss-reactive ketones (excluding diaryl/α,β-unsaturated/α-hetero) is 2. The zero-order chi connectivity index (χ0) is 32.4. The third kappa shape index (κ3) is 5.12. The van der Waals surface area contributed by atoms with Gasteiger partial charge in [-0.2, -0.15) is 0 Å². The molecule has 3 aliphatic carbocycles. The fraction of sp³-hybridized carbons (Fsp3) is 0.781. The third-order valence-electron chi connectivity index (χ3n) is 11.5. The number of esters is 1. The summed E-state index contributed by atoms with van der Waals surface area (Å²) in [5.41, 5.74) is -7.00. The second-order valence-electron chi connectivity index (χ2n) is 14.9. The molecule has 8 atom stereocenters. The van der Waals surface area contributed by atoms with Crippen LogP contribution in [0.25, 0.3) is 0 Å². The molecule has 10 nitrogen and oxygen atoms in total. The summed E-state index contributed by atoms with van der Waals surface area (Å²) in [4.78, 5) is 63.6. The minimum Gasteiger partial charge on any atom is -0.481 e. The lowest BCUT2D eigenvalue weighted by Gasteiger charge is -2.63. The first-order valence-electron chi connectivity index (χ1n) is 14.7. The first-order valence-corrected chi connectivity index (χ1v) is 14.7. The van der Waals surface area contributed by atoms with Crippen LogP contribution in [0.15, 0.2) is 11.6 Å². The topological polar surface area (TPSA) is 176 Å². The summed E-state index contributed by atoms with van der Waals surface area (Å²) in [6.07, 6.45) is 0.605. The van der Waals surface area contributed by atoms with Crippen molar-refractivity contribution in [1.82, 2.24) is 0 Å². The highest BCUT2D eigenvalue weighted by atomic mass is 16.6. The standard InChI is InChI=1S/C32H48O10/c1-17(33)42-27(2,3)13-12-22(35)32(9,41)25-20(34)15-29(6)21-11-10-18(28(4,5)26(39)40)19(14-24(37)38)31(21,8)23(36)16-30(25,29)7/h10,19-21,25,34,41H,11-16H2,1-9H3,(H,37,38)(H,39,40)/t19-,20+,21+,25+,29-,30+,31-,32+/m0/s1. The molecule has 2 fully saturated rings. The summed E-state index contributed by atoms with van der Waals surface area (Å²) in [5, 5.41) is 43.2. The number of aliphatic hydroxyl groups excluding tert-OH is 1. The largest absolute Gasteiger partial charge is 0.481 e. The van der Waals surface area contributed by atoms with Crippen molar-refractivity contribution in [1.29, 1.82) is 0 Å². The number of rotatable bonds is 10. The molecule has 236 valence electrons. The van der Waals surface area contributed by atoms with Crippen LogP contribution in [0.1, 0.15) is 101 Å². The van der Waals surface area contributed by atoms with Crippen molar-refractivity contribution in [2.45, 2.75) is 118 Å². The van der Waals surface area contributed by atoms with Gasteiger partial charge in [0.15, 0.2) is 5.78 Å². The summed E-state index contributed by atoms with van der Waals surface area (Å²) >= 11 is 0. The van der Waals surface area contributed by atoms with Crippen molar-refractivity contribution in [3.05, 3.63) is 11.6 Å². The van der Waals surface area contributed by atoms with E-state index in [0.29, 0.717) is 12.0 Å². The van der Waals surface area contributed by atoms with Crippen molar-refractivity contribution in [2.75, 3.05) is 0 Å². The fourth-order valence-electron chi connectivity index (χ4n) is 9.04. The lowest BCUT2D eigenvalue weighted by Crippen LogP contribution is -2.64. The number of aliphatic carboxylic acids is 2. The van der Waals surface area contributed by atoms with Crippen LogP contribution in [0.3, 0.4) is 0 Å². The Kier molecular flexibility index (Phi) is 8.51. The summed E-state index contributed by atoms with van der Waals surface area (Å²) < 4.78 is 5.29. The molecule has 42 heavy (non-hydrogen) atoms. The SMILES string of the molecule is CC(=O)OC(C)(C)CCC(=O)[C@@](C)(O)[C@@H]1[C@H](O)C[C@@]2(C)[C@H]3CC=C(C(C)(C)C(=O)O)[C@H](CC(=O)O)[C@]3(C)C(=O)C[C@]12C. The maximum atomic E-state index is 14.3. The molecule has 0 amide bonds. The van der Waals surface area contributed by atoms with Gasteiger partial charge in [0.05, 0.1) is 17.9 Å². The van der Waals surface area contributed by atoms with Crippen molar-refractivity contribution in [2.24, 2.45) is 39.4 Å². The molecule has 0 bridgehead atoms. The first kappa shape index (κ1) is 33.9. The molecule has 0 aromatic rings. The molecule has 0 spiro atoms. The maximum absolute atomic E-state index is 14.3. The second-order valence-corrected chi connectivity index (χ2v) is 14.9. The van der Waals surface area contributed by atoms with Crippen molar-refractivity contribution in [3.63, 3.8) is 0 Å². The number of aliphatic hydroxyl groups is 2. The fourth-order valence-corrected chi connectivity index (χ4v) is 9.04. The monoisotopic (exact) mass is 592 g/mol. The molecule has 0 radical (unpaired) electrons. The number of carboxylic acid groups (broad SMARTS) is 2. The van der Waals surface area contributed by atoms with Gasteiger partial charge in [0.1, 0.15) is 17.0 Å². The van der Waals surface area contributed by atoms with E-state index >= 15 is 0 Å². The van der Waals surface area contributed by atoms with Gasteiger partial charge in [-0.05, 0) is 70.6 Å². The van der Waals surface area contributed by atoms with E-state index in [-0.39, 0.29) is 31.5 Å². The van der Waals surface area contributed by atoms with Crippen LogP contribution in [-0.2, 0) is 28.7 Å². The van der Waals surface area contributed by atoms with Gasteiger partial charge in [0, 0.05) is 37.0 Å². The predicted molar refractivity (Wildman–Crippen MR) is 152 cm³/mol. The Morgan fingerprint density at radius 3 is 2.10 bits per heavy atom. The van der Waals surface area contributed by atoms with Crippen LogP contribution in [0.5, 0.6) is 0 Å². The predicted octanol–water partition coefficient (Wildman–Crippen LogP) is 3.95. The van der Waals surface area contributed by atoms with Gasteiger partial charge in [-0.15, -0.1) is 0 Å². The molecule has 0 heterocycles. The van der Waals surface area contributed by atoms with Crippen LogP contribution >= 0.6 is 0 Å². The summed E-state index contributed by atoms with van der Waals surface area (Å²) in [6.45, 7) is 14.5. The number of hydrogen-bond donors (Lipinski definition) is 4. The van der Waals surface area contributed by atoms with Crippen LogP contribution in [0, 0.1) is 39.4 Å². The highest BCUT2D eigenvalue weighted by Crippen LogP contribution is 2.73. The van der Waals surface area contributed by atoms with Crippen molar-refractivity contribution in [3.8, 4) is 0 Å². The molecule has 0 aromatic carbocycles. The second kappa shape index (κ2) is 10.5. The molecule has 2 saturated carbocycles. The Morgan fingerprint density at radius 2 is 1.60 bits per heavy atom. The molecule has 0 saturated heterocycles. The number of hydrogen-bond acceptors (Lipinski definition) is 8. The van der Waals surface area contributed by atoms with E-state index in [1.807, 2.05) is 13.8 Å². The Bertz CT molecular complexity index is 1210. The summed E-state index contributed by atoms with van der Waals surface area (Å²) in [6, 6.07) is 0. The maximum Gasteiger partial charge on any atom is 0.313 e. The average molecular weight is 593 g/mol. The van der Waals surface area contributed by atoms with Gasteiger partial charge in [0.2, 0.25) is 0 Å². The Balaban J connectivity index is 2.07. The molecule has 0 aromatic heterocycles. The van der Waals surface area contributed by atoms with E-state index in [1.165, 1.54) is 27.7 Å². The Morgan fingerprint density at radius 1 is 1.02 bits per heavy atom. The Labute approximate surface area is 247 Å². The van der Waals surface area contributed by atoms with Crippen LogP contribution in [0.2, 0.25) is 0 Å². The van der Waals surface area contributed by atoms with E-state index in [4.69, 9.17) is 4.74 Å². The highest BCUT2D eigenvalue weighted by Gasteiger charge is 2.74. The molecule has 3 aliphatic rings. The van der Waals surface area contributed by atoms with Gasteiger partial charge >= 0.3 is 17.9 Å². The van der Waals surface area contributed by atoms with E-state index < -0.39 is 86.8 Å². The van der Waals surface area contributed by atoms with Gasteiger partial charge < -0.3 is 25.2 Å². The third-order valence-corrected chi connectivity index (χ3v) is 11.5. The quantitative estimate of drug-likeness (QED) is 0.215. The van der Waals surface area contributed by atoms with Crippen molar-refractivity contribution >= 4 is 29.5 Å². The number of carbonyl (C=O) groups excluding carboxylic acids is 3. The van der Waals surface area contributed by atoms with Crippen LogP contribution in [0.4, 0.5) is 0 Å². The number of allylic oxidation sites excluding steroid dienone is 1. The number of carboxylic acids is 2. The van der Waals surface area contributed by atoms with Crippen molar-refractivity contribution < 1.29 is 49.1 Å². The zero-order valence-electron chi connectivity index (χ0n) is 26.4. The van der Waals surface area contributed by atoms with E-state index in [2.05, 4.69) is 0 Å². The number of ether oxygens (including phenoxy) is 1. The smallest absolute Gasteiger partial charge is 0.313 e. The minimum absolute atomic E-state index is 0.114.